The van der Waals surface area contributed by atoms with Crippen LogP contribution < -0.4 is 10.1 Å². The molecule has 1 atom stereocenters. The number of ether oxygens (including phenoxy) is 1. The molecule has 8 heteroatoms. The second kappa shape index (κ2) is 7.72. The van der Waals surface area contributed by atoms with Crippen molar-refractivity contribution in [1.82, 2.24) is 19.7 Å². The molecule has 4 aromatic rings. The molecule has 0 saturated carbocycles. The van der Waals surface area contributed by atoms with Crippen LogP contribution in [0.15, 0.2) is 60.5 Å². The van der Waals surface area contributed by atoms with Crippen LogP contribution in [0, 0.1) is 0 Å². The molecule has 1 aliphatic rings. The summed E-state index contributed by atoms with van der Waals surface area (Å²) in [5, 5.41) is 9.56. The molecule has 150 valence electrons. The highest BCUT2D eigenvalue weighted by atomic mass is 32.1. The molecular formula is C22H19N5O2S. The van der Waals surface area contributed by atoms with E-state index in [2.05, 4.69) is 33.4 Å². The van der Waals surface area contributed by atoms with Gasteiger partial charge in [0.25, 0.3) is 5.91 Å². The summed E-state index contributed by atoms with van der Waals surface area (Å²) >= 11 is 1.41. The molecule has 1 aliphatic heterocycles. The Morgan fingerprint density at radius 1 is 1.30 bits per heavy atom. The molecule has 0 aliphatic carbocycles. The maximum atomic E-state index is 12.9. The molecule has 1 amide bonds. The van der Waals surface area contributed by atoms with Gasteiger partial charge in [-0.2, -0.15) is 5.10 Å². The van der Waals surface area contributed by atoms with E-state index < -0.39 is 0 Å². The van der Waals surface area contributed by atoms with Crippen LogP contribution >= 0.6 is 11.3 Å². The van der Waals surface area contributed by atoms with Gasteiger partial charge in [0.1, 0.15) is 24.5 Å². The SMILES string of the molecule is C[C@H]1Cc2cc(-c3csc(NC(=O)c4ccccc4Cn4cncn4)n3)ccc2O1. The van der Waals surface area contributed by atoms with Crippen LogP contribution in [0.4, 0.5) is 5.13 Å². The lowest BCUT2D eigenvalue weighted by molar-refractivity contribution is 0.102. The first-order valence-corrected chi connectivity index (χ1v) is 10.5. The summed E-state index contributed by atoms with van der Waals surface area (Å²) in [7, 11) is 0. The molecule has 2 aromatic carbocycles. The zero-order chi connectivity index (χ0) is 20.5. The number of benzene rings is 2. The number of anilines is 1. The van der Waals surface area contributed by atoms with Crippen LogP contribution in [0.2, 0.25) is 0 Å². The van der Waals surface area contributed by atoms with E-state index in [4.69, 9.17) is 4.74 Å². The van der Waals surface area contributed by atoms with Crippen LogP contribution in [0.25, 0.3) is 11.3 Å². The lowest BCUT2D eigenvalue weighted by atomic mass is 10.1. The summed E-state index contributed by atoms with van der Waals surface area (Å²) in [4.78, 5) is 21.5. The summed E-state index contributed by atoms with van der Waals surface area (Å²) in [6.45, 7) is 2.54. The van der Waals surface area contributed by atoms with Gasteiger partial charge in [0.2, 0.25) is 0 Å². The van der Waals surface area contributed by atoms with Crippen molar-refractivity contribution < 1.29 is 9.53 Å². The molecule has 0 bridgehead atoms. The molecule has 3 heterocycles. The average molecular weight is 417 g/mol. The third-order valence-corrected chi connectivity index (χ3v) is 5.74. The van der Waals surface area contributed by atoms with Gasteiger partial charge in [-0.25, -0.2) is 14.6 Å². The third-order valence-electron chi connectivity index (χ3n) is 4.98. The molecule has 0 saturated heterocycles. The smallest absolute Gasteiger partial charge is 0.257 e. The minimum absolute atomic E-state index is 0.192. The Morgan fingerprint density at radius 2 is 2.20 bits per heavy atom. The first-order chi connectivity index (χ1) is 14.7. The number of thiazole rings is 1. The van der Waals surface area contributed by atoms with E-state index in [9.17, 15) is 4.79 Å². The van der Waals surface area contributed by atoms with Gasteiger partial charge >= 0.3 is 0 Å². The van der Waals surface area contributed by atoms with Gasteiger partial charge in [0.15, 0.2) is 5.13 Å². The summed E-state index contributed by atoms with van der Waals surface area (Å²) in [6.07, 6.45) is 4.22. The number of hydrogen-bond donors (Lipinski definition) is 1. The molecule has 7 nitrogen and oxygen atoms in total. The van der Waals surface area contributed by atoms with Gasteiger partial charge in [-0.1, -0.05) is 18.2 Å². The van der Waals surface area contributed by atoms with E-state index in [0.717, 1.165) is 29.0 Å². The number of rotatable bonds is 5. The van der Waals surface area contributed by atoms with Crippen LogP contribution in [-0.2, 0) is 13.0 Å². The van der Waals surface area contributed by atoms with E-state index in [1.165, 1.54) is 23.2 Å². The molecule has 2 aromatic heterocycles. The number of nitrogens with zero attached hydrogens (tertiary/aromatic N) is 4. The maximum absolute atomic E-state index is 12.9. The highest BCUT2D eigenvalue weighted by Crippen LogP contribution is 2.34. The van der Waals surface area contributed by atoms with Crippen molar-refractivity contribution in [1.29, 1.82) is 0 Å². The van der Waals surface area contributed by atoms with Crippen molar-refractivity contribution in [3.8, 4) is 17.0 Å². The molecule has 0 radical (unpaired) electrons. The maximum Gasteiger partial charge on any atom is 0.257 e. The molecule has 0 unspecified atom stereocenters. The minimum atomic E-state index is -0.192. The van der Waals surface area contributed by atoms with Crippen LogP contribution in [0.5, 0.6) is 5.75 Å². The minimum Gasteiger partial charge on any atom is -0.490 e. The Bertz CT molecular complexity index is 1200. The van der Waals surface area contributed by atoms with Crippen molar-refractivity contribution in [3.63, 3.8) is 0 Å². The Hall–Kier alpha value is -3.52. The quantitative estimate of drug-likeness (QED) is 0.530. The Balaban J connectivity index is 1.34. The summed E-state index contributed by atoms with van der Waals surface area (Å²) in [5.41, 5.74) is 4.52. The summed E-state index contributed by atoms with van der Waals surface area (Å²) < 4.78 is 7.45. The van der Waals surface area contributed by atoms with Gasteiger partial charge in [0.05, 0.1) is 12.2 Å². The molecule has 5 rings (SSSR count). The number of hydrogen-bond acceptors (Lipinski definition) is 6. The van der Waals surface area contributed by atoms with Crippen LogP contribution in [0.3, 0.4) is 0 Å². The Labute approximate surface area is 177 Å². The molecule has 30 heavy (non-hydrogen) atoms. The van der Waals surface area contributed by atoms with Gasteiger partial charge in [-0.05, 0) is 42.3 Å². The Morgan fingerprint density at radius 3 is 3.07 bits per heavy atom. The first kappa shape index (κ1) is 18.5. The van der Waals surface area contributed by atoms with Crippen molar-refractivity contribution in [2.75, 3.05) is 5.32 Å². The predicted molar refractivity (Wildman–Crippen MR) is 115 cm³/mol. The van der Waals surface area contributed by atoms with E-state index in [1.807, 2.05) is 35.7 Å². The number of fused-ring (bicyclic) bond motifs is 1. The van der Waals surface area contributed by atoms with E-state index in [0.29, 0.717) is 17.2 Å². The lowest BCUT2D eigenvalue weighted by Gasteiger charge is -2.08. The fourth-order valence-electron chi connectivity index (χ4n) is 3.58. The second-order valence-electron chi connectivity index (χ2n) is 7.20. The van der Waals surface area contributed by atoms with Crippen LogP contribution in [-0.4, -0.2) is 31.8 Å². The van der Waals surface area contributed by atoms with E-state index in [1.54, 1.807) is 17.1 Å². The van der Waals surface area contributed by atoms with E-state index >= 15 is 0 Å². The normalized spacial score (nSPS) is 14.9. The second-order valence-corrected chi connectivity index (χ2v) is 8.06. The third kappa shape index (κ3) is 3.69. The molecular weight excluding hydrogens is 398 g/mol. The van der Waals surface area contributed by atoms with Crippen molar-refractivity contribution in [2.45, 2.75) is 26.0 Å². The zero-order valence-corrected chi connectivity index (χ0v) is 17.1. The van der Waals surface area contributed by atoms with Crippen molar-refractivity contribution in [3.05, 3.63) is 77.2 Å². The van der Waals surface area contributed by atoms with Gasteiger partial charge in [-0.3, -0.25) is 10.1 Å². The topological polar surface area (TPSA) is 81.9 Å². The highest BCUT2D eigenvalue weighted by molar-refractivity contribution is 7.14. The van der Waals surface area contributed by atoms with E-state index in [-0.39, 0.29) is 12.0 Å². The monoisotopic (exact) mass is 417 g/mol. The molecule has 0 spiro atoms. The average Bonchev–Trinajstić information content (AvgIpc) is 3.48. The standard InChI is InChI=1S/C22H19N5O2S/c1-14-8-17-9-15(6-7-20(17)29-14)19-11-30-22(25-19)26-21(28)18-5-3-2-4-16(18)10-27-13-23-12-24-27/h2-7,9,11-14H,8,10H2,1H3,(H,25,26,28)/t14-/m0/s1. The number of aromatic nitrogens is 4. The first-order valence-electron chi connectivity index (χ1n) is 9.63. The van der Waals surface area contributed by atoms with Gasteiger partial charge in [-0.15, -0.1) is 11.3 Å². The predicted octanol–water partition coefficient (Wildman–Crippen LogP) is 4.03. The zero-order valence-electron chi connectivity index (χ0n) is 16.3. The van der Waals surface area contributed by atoms with Gasteiger partial charge < -0.3 is 4.74 Å². The number of carbonyl (C=O) groups excluding carboxylic acids is 1. The fraction of sp³-hybridized carbons (Fsp3) is 0.182. The number of amides is 1. The number of nitrogens with one attached hydrogen (secondary N) is 1. The summed E-state index contributed by atoms with van der Waals surface area (Å²) in [6, 6.07) is 13.6. The van der Waals surface area contributed by atoms with Crippen molar-refractivity contribution in [2.24, 2.45) is 0 Å². The lowest BCUT2D eigenvalue weighted by Crippen LogP contribution is -2.15. The largest absolute Gasteiger partial charge is 0.490 e. The fourth-order valence-corrected chi connectivity index (χ4v) is 4.29. The number of carbonyl (C=O) groups is 1. The van der Waals surface area contributed by atoms with Crippen molar-refractivity contribution >= 4 is 22.4 Å². The van der Waals surface area contributed by atoms with Crippen LogP contribution in [0.1, 0.15) is 28.4 Å². The molecule has 1 N–H and O–H groups in total. The van der Waals surface area contributed by atoms with Gasteiger partial charge in [0, 0.05) is 22.9 Å². The Kier molecular flexibility index (Phi) is 4.76. The highest BCUT2D eigenvalue weighted by Gasteiger charge is 2.20. The summed E-state index contributed by atoms with van der Waals surface area (Å²) in [5.74, 6) is 0.752. The molecule has 0 fully saturated rings.